The van der Waals surface area contributed by atoms with E-state index in [0.29, 0.717) is 41.2 Å². The van der Waals surface area contributed by atoms with Crippen molar-refractivity contribution in [1.82, 2.24) is 19.9 Å². The third-order valence-electron chi connectivity index (χ3n) is 7.05. The fourth-order valence-electron chi connectivity index (χ4n) is 4.68. The van der Waals surface area contributed by atoms with Crippen LogP contribution in [0, 0.1) is 5.92 Å². The Morgan fingerprint density at radius 2 is 2.00 bits per heavy atom. The lowest BCUT2D eigenvalue weighted by molar-refractivity contribution is 0.0883. The lowest BCUT2D eigenvalue weighted by Crippen LogP contribution is -2.43. The largest absolute Gasteiger partial charge is 0.391 e. The van der Waals surface area contributed by atoms with Gasteiger partial charge in [0.15, 0.2) is 15.5 Å². The van der Waals surface area contributed by atoms with E-state index >= 15 is 0 Å². The molecule has 3 heterocycles. The van der Waals surface area contributed by atoms with Crippen molar-refractivity contribution in [2.75, 3.05) is 30.3 Å². The summed E-state index contributed by atoms with van der Waals surface area (Å²) in [5.41, 5.74) is 2.64. The van der Waals surface area contributed by atoms with Gasteiger partial charge in [0.05, 0.1) is 22.4 Å². The molecule has 9 nitrogen and oxygen atoms in total. The normalized spacial score (nSPS) is 23.2. The topological polar surface area (TPSA) is 121 Å². The van der Waals surface area contributed by atoms with Crippen LogP contribution in [0.1, 0.15) is 43.6 Å². The lowest BCUT2D eigenvalue weighted by atomic mass is 9.95. The summed E-state index contributed by atoms with van der Waals surface area (Å²) in [6.45, 7) is 2.14. The highest BCUT2D eigenvalue weighted by molar-refractivity contribution is 7.92. The van der Waals surface area contributed by atoms with Crippen molar-refractivity contribution in [3.8, 4) is 0 Å². The zero-order valence-corrected chi connectivity index (χ0v) is 19.8. The van der Waals surface area contributed by atoms with Gasteiger partial charge in [0.25, 0.3) is 0 Å². The molecule has 1 saturated heterocycles. The van der Waals surface area contributed by atoms with Gasteiger partial charge >= 0.3 is 0 Å². The Morgan fingerprint density at radius 1 is 1.15 bits per heavy atom. The number of rotatable bonds is 8. The monoisotopic (exact) mass is 482 g/mol. The van der Waals surface area contributed by atoms with Gasteiger partial charge in [0.1, 0.15) is 11.6 Å². The quantitative estimate of drug-likeness (QED) is 0.387. The molecule has 4 N–H and O–H groups in total. The summed E-state index contributed by atoms with van der Waals surface area (Å²) in [7, 11) is -3.27. The van der Waals surface area contributed by atoms with Crippen LogP contribution in [0.2, 0.25) is 0 Å². The minimum Gasteiger partial charge on any atom is -0.391 e. The number of anilines is 3. The number of β-amino-alcohol motifs (C(OH)–C–C–N with tert-alkyl or cyclic N) is 1. The lowest BCUT2D eigenvalue weighted by Gasteiger charge is -2.28. The Bertz CT molecular complexity index is 1320. The van der Waals surface area contributed by atoms with Crippen LogP contribution >= 0.6 is 0 Å². The first-order valence-electron chi connectivity index (χ1n) is 12.1. The number of aliphatic hydroxyl groups is 1. The van der Waals surface area contributed by atoms with Gasteiger partial charge in [0, 0.05) is 36.3 Å². The molecule has 0 radical (unpaired) electrons. The Labute approximate surface area is 198 Å². The molecule has 0 amide bonds. The van der Waals surface area contributed by atoms with E-state index < -0.39 is 9.84 Å². The highest BCUT2D eigenvalue weighted by Gasteiger charge is 2.37. The second-order valence-corrected chi connectivity index (χ2v) is 12.0. The molecule has 2 atom stereocenters. The first-order valence-corrected chi connectivity index (χ1v) is 13.7. The van der Waals surface area contributed by atoms with E-state index in [2.05, 4.69) is 21.0 Å². The highest BCUT2D eigenvalue weighted by atomic mass is 32.2. The number of hydrogen-bond acceptors (Lipinski definition) is 8. The fraction of sp³-hybridized carbons (Fsp3) is 0.500. The minimum atomic E-state index is -3.27. The standard InChI is InChI=1S/C24H30N6O3S/c31-21-14-25-9-8-16(21)12-26-22-11-23(30-24(29-22)20(13-27-30)15-4-5-15)28-17-2-1-3-19(10-17)34(32,33)18-6-7-18/h1-3,10-11,13,15-16,18,21,25,28,31H,4-9,12,14H2,(H,26,29)/t16-,21+/m0/s1. The maximum absolute atomic E-state index is 12.7. The Balaban J connectivity index is 1.31. The second kappa shape index (κ2) is 8.51. The molecule has 2 saturated carbocycles. The fourth-order valence-corrected chi connectivity index (χ4v) is 6.38. The van der Waals surface area contributed by atoms with Crippen LogP contribution in [0.15, 0.2) is 41.4 Å². The van der Waals surface area contributed by atoms with Gasteiger partial charge in [-0.1, -0.05) is 6.07 Å². The molecule has 180 valence electrons. The van der Waals surface area contributed by atoms with Crippen molar-refractivity contribution in [2.45, 2.75) is 54.3 Å². The van der Waals surface area contributed by atoms with Crippen molar-refractivity contribution < 1.29 is 13.5 Å². The summed E-state index contributed by atoms with van der Waals surface area (Å²) < 4.78 is 27.2. The maximum Gasteiger partial charge on any atom is 0.181 e. The number of piperidine rings is 1. The average molecular weight is 483 g/mol. The summed E-state index contributed by atoms with van der Waals surface area (Å²) in [5, 5.41) is 24.6. The maximum atomic E-state index is 12.7. The Kier molecular flexibility index (Phi) is 5.46. The van der Waals surface area contributed by atoms with Crippen LogP contribution in [0.4, 0.5) is 17.3 Å². The van der Waals surface area contributed by atoms with E-state index in [-0.39, 0.29) is 17.3 Å². The predicted molar refractivity (Wildman–Crippen MR) is 130 cm³/mol. The first-order chi connectivity index (χ1) is 16.5. The van der Waals surface area contributed by atoms with Gasteiger partial charge in [-0.25, -0.2) is 13.4 Å². The summed E-state index contributed by atoms with van der Waals surface area (Å²) in [6, 6.07) is 8.89. The molecule has 34 heavy (non-hydrogen) atoms. The molecule has 0 spiro atoms. The van der Waals surface area contributed by atoms with Crippen LogP contribution in [-0.4, -0.2) is 59.1 Å². The molecular weight excluding hydrogens is 452 g/mol. The van der Waals surface area contributed by atoms with E-state index in [1.165, 1.54) is 0 Å². The second-order valence-electron chi connectivity index (χ2n) is 9.73. The molecule has 0 unspecified atom stereocenters. The van der Waals surface area contributed by atoms with Gasteiger partial charge in [-0.05, 0) is 62.8 Å². The van der Waals surface area contributed by atoms with Crippen molar-refractivity contribution in [2.24, 2.45) is 5.92 Å². The Morgan fingerprint density at radius 3 is 2.76 bits per heavy atom. The molecule has 1 aromatic carbocycles. The van der Waals surface area contributed by atoms with Gasteiger partial charge in [0.2, 0.25) is 0 Å². The van der Waals surface area contributed by atoms with Gasteiger partial charge in [-0.3, -0.25) is 0 Å². The first kappa shape index (κ1) is 21.8. The molecule has 2 aliphatic carbocycles. The van der Waals surface area contributed by atoms with E-state index in [1.807, 2.05) is 18.3 Å². The van der Waals surface area contributed by atoms with E-state index in [1.54, 1.807) is 22.7 Å². The number of nitrogens with zero attached hydrogens (tertiary/aromatic N) is 3. The Hall–Kier alpha value is -2.69. The van der Waals surface area contributed by atoms with Crippen LogP contribution in [0.3, 0.4) is 0 Å². The van der Waals surface area contributed by atoms with Crippen molar-refractivity contribution in [1.29, 1.82) is 0 Å². The van der Waals surface area contributed by atoms with Crippen LogP contribution in [0.25, 0.3) is 5.65 Å². The average Bonchev–Trinajstić information content (AvgIpc) is 3.76. The highest BCUT2D eigenvalue weighted by Crippen LogP contribution is 2.42. The molecule has 6 rings (SSSR count). The summed E-state index contributed by atoms with van der Waals surface area (Å²) in [5.74, 6) is 2.08. The van der Waals surface area contributed by atoms with E-state index in [9.17, 15) is 13.5 Å². The van der Waals surface area contributed by atoms with Crippen molar-refractivity contribution in [3.05, 3.63) is 42.1 Å². The van der Waals surface area contributed by atoms with E-state index in [0.717, 1.165) is 49.9 Å². The predicted octanol–water partition coefficient (Wildman–Crippen LogP) is 2.67. The number of aliphatic hydroxyl groups excluding tert-OH is 1. The molecule has 2 aromatic heterocycles. The number of aromatic nitrogens is 3. The van der Waals surface area contributed by atoms with Gasteiger partial charge in [-0.2, -0.15) is 9.61 Å². The molecule has 3 aromatic rings. The third kappa shape index (κ3) is 4.25. The number of benzene rings is 1. The molecule has 10 heteroatoms. The molecule has 1 aliphatic heterocycles. The van der Waals surface area contributed by atoms with Crippen molar-refractivity contribution >= 4 is 32.8 Å². The number of fused-ring (bicyclic) bond motifs is 1. The molecular formula is C24H30N6O3S. The number of nitrogens with one attached hydrogen (secondary N) is 3. The summed E-state index contributed by atoms with van der Waals surface area (Å²) in [4.78, 5) is 5.20. The zero-order chi connectivity index (χ0) is 23.3. The van der Waals surface area contributed by atoms with E-state index in [4.69, 9.17) is 4.98 Å². The SMILES string of the molecule is O=S(=O)(c1cccc(Nc2cc(NC[C@@H]3CCNC[C@H]3O)nc3c(C4CC4)cnn23)c1)C1CC1. The molecule has 3 fully saturated rings. The number of sulfone groups is 1. The summed E-state index contributed by atoms with van der Waals surface area (Å²) in [6.07, 6.45) is 6.18. The minimum absolute atomic E-state index is 0.160. The van der Waals surface area contributed by atoms with Crippen LogP contribution in [-0.2, 0) is 9.84 Å². The van der Waals surface area contributed by atoms with Gasteiger partial charge in [-0.15, -0.1) is 0 Å². The van der Waals surface area contributed by atoms with Crippen LogP contribution in [0.5, 0.6) is 0 Å². The van der Waals surface area contributed by atoms with Gasteiger partial charge < -0.3 is 21.1 Å². The smallest absolute Gasteiger partial charge is 0.181 e. The summed E-state index contributed by atoms with van der Waals surface area (Å²) >= 11 is 0. The molecule has 3 aliphatic rings. The number of hydrogen-bond donors (Lipinski definition) is 4. The van der Waals surface area contributed by atoms with Crippen LogP contribution < -0.4 is 16.0 Å². The zero-order valence-electron chi connectivity index (χ0n) is 18.9. The van der Waals surface area contributed by atoms with Crippen molar-refractivity contribution in [3.63, 3.8) is 0 Å². The third-order valence-corrected chi connectivity index (χ3v) is 9.31. The molecule has 0 bridgehead atoms.